The predicted octanol–water partition coefficient (Wildman–Crippen LogP) is 2.40. The minimum absolute atomic E-state index is 0.141. The Bertz CT molecular complexity index is 351. The third kappa shape index (κ3) is 5.15. The van der Waals surface area contributed by atoms with Crippen LogP contribution in [0.1, 0.15) is 47.0 Å². The van der Waals surface area contributed by atoms with Crippen molar-refractivity contribution in [2.24, 2.45) is 5.92 Å². The Morgan fingerprint density at radius 1 is 1.38 bits per heavy atom. The molecule has 2 fully saturated rings. The second-order valence-corrected chi connectivity index (χ2v) is 7.65. The topological polar surface area (TPSA) is 50.8 Å². The van der Waals surface area contributed by atoms with Gasteiger partial charge in [-0.1, -0.05) is 0 Å². The van der Waals surface area contributed by atoms with E-state index < -0.39 is 5.60 Å². The lowest BCUT2D eigenvalue weighted by Gasteiger charge is -2.35. The van der Waals surface area contributed by atoms with Gasteiger partial charge in [-0.05, 0) is 59.4 Å². The first-order valence-corrected chi connectivity index (χ1v) is 8.08. The van der Waals surface area contributed by atoms with Crippen LogP contribution < -0.4 is 5.32 Å². The lowest BCUT2D eigenvalue weighted by molar-refractivity contribution is 0.0181. The van der Waals surface area contributed by atoms with Gasteiger partial charge in [0, 0.05) is 25.2 Å². The van der Waals surface area contributed by atoms with Crippen molar-refractivity contribution in [3.63, 3.8) is 0 Å². The van der Waals surface area contributed by atoms with Crippen molar-refractivity contribution in [1.82, 2.24) is 10.2 Å². The predicted molar refractivity (Wildman–Crippen MR) is 82.4 cm³/mol. The Hall–Kier alpha value is -0.810. The molecule has 0 saturated carbocycles. The molecule has 2 aliphatic heterocycles. The smallest absolute Gasteiger partial charge is 0.410 e. The van der Waals surface area contributed by atoms with Gasteiger partial charge in [-0.25, -0.2) is 4.79 Å². The van der Waals surface area contributed by atoms with E-state index in [9.17, 15) is 4.79 Å². The van der Waals surface area contributed by atoms with Crippen LogP contribution in [0, 0.1) is 5.92 Å². The number of hydrogen-bond donors (Lipinski definition) is 1. The largest absolute Gasteiger partial charge is 0.444 e. The van der Waals surface area contributed by atoms with Crippen molar-refractivity contribution >= 4 is 6.09 Å². The maximum atomic E-state index is 12.0. The average Bonchev–Trinajstić information content (AvgIpc) is 2.82. The number of piperidine rings is 1. The first-order valence-electron chi connectivity index (χ1n) is 8.08. The minimum atomic E-state index is -0.410. The molecule has 122 valence electrons. The number of likely N-dealkylation sites (tertiary alicyclic amines) is 1. The zero-order chi connectivity index (χ0) is 15.5. The minimum Gasteiger partial charge on any atom is -0.444 e. The second kappa shape index (κ2) is 6.53. The summed E-state index contributed by atoms with van der Waals surface area (Å²) < 4.78 is 10.9. The fraction of sp³-hybridized carbons (Fsp3) is 0.938. The highest BCUT2D eigenvalue weighted by atomic mass is 16.6. The molecule has 0 bridgehead atoms. The molecule has 5 heteroatoms. The van der Waals surface area contributed by atoms with Crippen LogP contribution in [0.2, 0.25) is 0 Å². The summed E-state index contributed by atoms with van der Waals surface area (Å²) in [4.78, 5) is 13.8. The number of carbonyl (C=O) groups is 1. The van der Waals surface area contributed by atoms with Crippen molar-refractivity contribution in [2.75, 3.05) is 32.8 Å². The van der Waals surface area contributed by atoms with Gasteiger partial charge < -0.3 is 19.7 Å². The van der Waals surface area contributed by atoms with E-state index in [0.29, 0.717) is 5.92 Å². The first-order chi connectivity index (χ1) is 9.77. The summed E-state index contributed by atoms with van der Waals surface area (Å²) >= 11 is 0. The molecular formula is C16H30N2O3. The average molecular weight is 298 g/mol. The van der Waals surface area contributed by atoms with Crippen molar-refractivity contribution in [2.45, 2.75) is 58.1 Å². The molecule has 0 radical (unpaired) electrons. The lowest BCUT2D eigenvalue weighted by Crippen LogP contribution is -2.48. The van der Waals surface area contributed by atoms with Gasteiger partial charge in [0.2, 0.25) is 0 Å². The third-order valence-corrected chi connectivity index (χ3v) is 4.30. The molecule has 2 rings (SSSR count). The molecule has 1 N–H and O–H groups in total. The number of ether oxygens (including phenoxy) is 2. The van der Waals surface area contributed by atoms with Crippen molar-refractivity contribution in [1.29, 1.82) is 0 Å². The van der Waals surface area contributed by atoms with Gasteiger partial charge in [-0.3, -0.25) is 0 Å². The summed E-state index contributed by atoms with van der Waals surface area (Å²) in [6.07, 6.45) is 3.00. The Labute approximate surface area is 128 Å². The fourth-order valence-corrected chi connectivity index (χ4v) is 2.84. The van der Waals surface area contributed by atoms with Crippen LogP contribution in [0.5, 0.6) is 0 Å². The molecule has 2 heterocycles. The van der Waals surface area contributed by atoms with Gasteiger partial charge in [0.15, 0.2) is 0 Å². The summed E-state index contributed by atoms with van der Waals surface area (Å²) in [7, 11) is 0. The molecule has 2 aliphatic rings. The number of rotatable bonds is 3. The van der Waals surface area contributed by atoms with Crippen LogP contribution in [-0.4, -0.2) is 55.0 Å². The second-order valence-electron chi connectivity index (χ2n) is 7.65. The molecule has 0 spiro atoms. The van der Waals surface area contributed by atoms with Gasteiger partial charge in [0.1, 0.15) is 5.60 Å². The van der Waals surface area contributed by atoms with Crippen molar-refractivity contribution in [3.05, 3.63) is 0 Å². The highest BCUT2D eigenvalue weighted by Gasteiger charge is 2.31. The maximum absolute atomic E-state index is 12.0. The van der Waals surface area contributed by atoms with Crippen molar-refractivity contribution < 1.29 is 14.3 Å². The highest BCUT2D eigenvalue weighted by Crippen LogP contribution is 2.22. The molecule has 1 atom stereocenters. The van der Waals surface area contributed by atoms with E-state index in [0.717, 1.165) is 52.1 Å². The van der Waals surface area contributed by atoms with Gasteiger partial charge in [-0.15, -0.1) is 0 Å². The highest BCUT2D eigenvalue weighted by molar-refractivity contribution is 5.68. The number of nitrogens with zero attached hydrogens (tertiary/aromatic N) is 1. The molecule has 1 amide bonds. The van der Waals surface area contributed by atoms with E-state index >= 15 is 0 Å². The van der Waals surface area contributed by atoms with E-state index in [1.54, 1.807) is 0 Å². The molecule has 21 heavy (non-hydrogen) atoms. The van der Waals surface area contributed by atoms with E-state index in [1.807, 2.05) is 25.7 Å². The number of nitrogens with one attached hydrogen (secondary N) is 1. The SMILES string of the molecule is CC1(NCC2CCN(C(=O)OC(C)(C)C)CC2)CCOC1. The van der Waals surface area contributed by atoms with Crippen molar-refractivity contribution in [3.8, 4) is 0 Å². The van der Waals surface area contributed by atoms with Gasteiger partial charge >= 0.3 is 6.09 Å². The molecule has 0 aromatic carbocycles. The monoisotopic (exact) mass is 298 g/mol. The molecule has 0 aromatic heterocycles. The molecule has 5 nitrogen and oxygen atoms in total. The third-order valence-electron chi connectivity index (χ3n) is 4.30. The van der Waals surface area contributed by atoms with Crippen LogP contribution in [0.3, 0.4) is 0 Å². The van der Waals surface area contributed by atoms with Gasteiger partial charge in [0.25, 0.3) is 0 Å². The van der Waals surface area contributed by atoms with Crippen LogP contribution in [-0.2, 0) is 9.47 Å². The Morgan fingerprint density at radius 3 is 2.57 bits per heavy atom. The summed E-state index contributed by atoms with van der Waals surface area (Å²) in [6.45, 7) is 12.2. The summed E-state index contributed by atoms with van der Waals surface area (Å²) in [5, 5.41) is 3.65. The van der Waals surface area contributed by atoms with E-state index in [2.05, 4.69) is 12.2 Å². The Balaban J connectivity index is 1.69. The number of carbonyl (C=O) groups excluding carboxylic acids is 1. The summed E-state index contributed by atoms with van der Waals surface area (Å²) in [5.41, 5.74) is -0.269. The quantitative estimate of drug-likeness (QED) is 0.869. The van der Waals surface area contributed by atoms with E-state index in [-0.39, 0.29) is 11.6 Å². The van der Waals surface area contributed by atoms with E-state index in [1.165, 1.54) is 0 Å². The van der Waals surface area contributed by atoms with E-state index in [4.69, 9.17) is 9.47 Å². The lowest BCUT2D eigenvalue weighted by atomic mass is 9.94. The normalized spacial score (nSPS) is 27.9. The first kappa shape index (κ1) is 16.6. The molecule has 2 saturated heterocycles. The zero-order valence-corrected chi connectivity index (χ0v) is 13.9. The molecule has 1 unspecified atom stereocenters. The maximum Gasteiger partial charge on any atom is 0.410 e. The summed E-state index contributed by atoms with van der Waals surface area (Å²) in [6, 6.07) is 0. The number of amides is 1. The van der Waals surface area contributed by atoms with Crippen LogP contribution in [0.25, 0.3) is 0 Å². The molecular weight excluding hydrogens is 268 g/mol. The Kier molecular flexibility index (Phi) is 5.15. The van der Waals surface area contributed by atoms with Crippen LogP contribution in [0.4, 0.5) is 4.79 Å². The standard InChI is InChI=1S/C16H30N2O3/c1-15(2,3)21-14(19)18-8-5-13(6-9-18)11-17-16(4)7-10-20-12-16/h13,17H,5-12H2,1-4H3. The Morgan fingerprint density at radius 2 is 2.05 bits per heavy atom. The summed E-state index contributed by atoms with van der Waals surface area (Å²) in [5.74, 6) is 0.640. The van der Waals surface area contributed by atoms with Crippen LogP contribution in [0.15, 0.2) is 0 Å². The fourth-order valence-electron chi connectivity index (χ4n) is 2.84. The molecule has 0 aromatic rings. The number of hydrogen-bond acceptors (Lipinski definition) is 4. The molecule has 0 aliphatic carbocycles. The van der Waals surface area contributed by atoms with Gasteiger partial charge in [0.05, 0.1) is 6.61 Å². The van der Waals surface area contributed by atoms with Crippen LogP contribution >= 0.6 is 0 Å². The zero-order valence-electron chi connectivity index (χ0n) is 13.9. The van der Waals surface area contributed by atoms with Gasteiger partial charge in [-0.2, -0.15) is 0 Å².